The number of unbranched alkanes of at least 4 members (excludes halogenated alkanes) is 16. The van der Waals surface area contributed by atoms with Gasteiger partial charge in [0.15, 0.2) is 0 Å². The Morgan fingerprint density at radius 1 is 0.400 bits per heavy atom. The molecule has 4 nitrogen and oxygen atoms in total. The molecule has 0 fully saturated rings. The van der Waals surface area contributed by atoms with E-state index in [0.29, 0.717) is 12.8 Å². The van der Waals surface area contributed by atoms with Gasteiger partial charge in [-0.1, -0.05) is 127 Å². The minimum absolute atomic E-state index is 0.324. The largest absolute Gasteiger partial charge is 0.481 e. The predicted octanol–water partition coefficient (Wildman–Crippen LogP) is 11.8. The van der Waals surface area contributed by atoms with Gasteiger partial charge < -0.3 is 10.2 Å². The van der Waals surface area contributed by atoms with Gasteiger partial charge in [-0.15, -0.1) is 0 Å². The zero-order valence-electron chi connectivity index (χ0n) is 26.3. The van der Waals surface area contributed by atoms with E-state index in [9.17, 15) is 9.59 Å². The molecular formula is C36H64O4. The molecule has 0 aliphatic carbocycles. The molecule has 0 amide bonds. The van der Waals surface area contributed by atoms with Gasteiger partial charge in [-0.25, -0.2) is 0 Å². The molecule has 0 aromatic carbocycles. The Hall–Kier alpha value is -2.10. The van der Waals surface area contributed by atoms with Crippen molar-refractivity contribution in [1.29, 1.82) is 0 Å². The van der Waals surface area contributed by atoms with Crippen LogP contribution in [-0.4, -0.2) is 22.2 Å². The maximum absolute atomic E-state index is 10.3. The minimum Gasteiger partial charge on any atom is -0.481 e. The van der Waals surface area contributed by atoms with Crippen LogP contribution in [0.2, 0.25) is 0 Å². The van der Waals surface area contributed by atoms with Gasteiger partial charge in [-0.2, -0.15) is 0 Å². The summed E-state index contributed by atoms with van der Waals surface area (Å²) >= 11 is 0. The highest BCUT2D eigenvalue weighted by molar-refractivity contribution is 5.66. The zero-order chi connectivity index (χ0) is 29.8. The lowest BCUT2D eigenvalue weighted by molar-refractivity contribution is -0.138. The summed E-state index contributed by atoms with van der Waals surface area (Å²) in [5.41, 5.74) is 0. The average molecular weight is 561 g/mol. The van der Waals surface area contributed by atoms with E-state index in [0.717, 1.165) is 51.4 Å². The molecule has 2 N–H and O–H groups in total. The molecular weight excluding hydrogens is 496 g/mol. The van der Waals surface area contributed by atoms with Gasteiger partial charge in [-0.05, 0) is 77.0 Å². The number of hydrogen-bond acceptors (Lipinski definition) is 2. The summed E-state index contributed by atoms with van der Waals surface area (Å²) in [4.78, 5) is 20.6. The normalized spacial score (nSPS) is 11.7. The zero-order valence-corrected chi connectivity index (χ0v) is 26.3. The second kappa shape index (κ2) is 36.9. The summed E-state index contributed by atoms with van der Waals surface area (Å²) in [6.07, 6.45) is 44.6. The lowest BCUT2D eigenvalue weighted by atomic mass is 10.1. The van der Waals surface area contributed by atoms with Gasteiger partial charge in [0.25, 0.3) is 0 Å². The Balaban J connectivity index is 0. The number of allylic oxidation sites excluding steroid dienone is 8. The molecule has 0 radical (unpaired) electrons. The quantitative estimate of drug-likeness (QED) is 0.0737. The molecule has 0 saturated carbocycles. The molecule has 40 heavy (non-hydrogen) atoms. The van der Waals surface area contributed by atoms with Crippen molar-refractivity contribution in [2.75, 3.05) is 0 Å². The fourth-order valence-electron chi connectivity index (χ4n) is 4.18. The summed E-state index contributed by atoms with van der Waals surface area (Å²) in [5, 5.41) is 17.0. The van der Waals surface area contributed by atoms with Crippen molar-refractivity contribution in [3.05, 3.63) is 48.6 Å². The van der Waals surface area contributed by atoms with E-state index < -0.39 is 11.9 Å². The standard InChI is InChI=1S/2C18H32O2/c2*1-2-3-4-5-6-7-8-9-10-11-12-13-14-15-16-17-18(19)20/h2*6-7,9-10H,2-5,8,11-17H2,1H3,(H,19,20). The SMILES string of the molecule is CCCCCC=CCC=CCCCCCCCC(=O)O.CCCCCC=CCC=CCCCCCCCC(=O)O. The Morgan fingerprint density at radius 2 is 0.675 bits per heavy atom. The number of aliphatic carboxylic acids is 2. The van der Waals surface area contributed by atoms with Crippen LogP contribution in [0.25, 0.3) is 0 Å². The summed E-state index contributed by atoms with van der Waals surface area (Å²) in [7, 11) is 0. The molecule has 0 aliphatic rings. The Morgan fingerprint density at radius 3 is 0.975 bits per heavy atom. The van der Waals surface area contributed by atoms with Crippen LogP contribution in [0.15, 0.2) is 48.6 Å². The maximum Gasteiger partial charge on any atom is 0.303 e. The molecule has 0 bridgehead atoms. The molecule has 0 aromatic rings. The highest BCUT2D eigenvalue weighted by atomic mass is 16.4. The van der Waals surface area contributed by atoms with E-state index in [4.69, 9.17) is 10.2 Å². The first-order valence-corrected chi connectivity index (χ1v) is 16.6. The van der Waals surface area contributed by atoms with Crippen molar-refractivity contribution in [3.63, 3.8) is 0 Å². The second-order valence-electron chi connectivity index (χ2n) is 10.7. The minimum atomic E-state index is -0.671. The summed E-state index contributed by atoms with van der Waals surface area (Å²) in [6.45, 7) is 4.47. The van der Waals surface area contributed by atoms with Gasteiger partial charge in [0.05, 0.1) is 0 Å². The van der Waals surface area contributed by atoms with Gasteiger partial charge >= 0.3 is 11.9 Å². The maximum atomic E-state index is 10.3. The number of rotatable bonds is 28. The average Bonchev–Trinajstić information content (AvgIpc) is 2.93. The highest BCUT2D eigenvalue weighted by Crippen LogP contribution is 2.09. The molecule has 0 rings (SSSR count). The molecule has 4 heteroatoms. The summed E-state index contributed by atoms with van der Waals surface area (Å²) in [5.74, 6) is -1.34. The van der Waals surface area contributed by atoms with Crippen molar-refractivity contribution in [2.24, 2.45) is 0 Å². The molecule has 0 heterocycles. The van der Waals surface area contributed by atoms with Gasteiger partial charge in [0.1, 0.15) is 0 Å². The van der Waals surface area contributed by atoms with Crippen molar-refractivity contribution < 1.29 is 19.8 Å². The first-order valence-electron chi connectivity index (χ1n) is 16.6. The Kier molecular flexibility index (Phi) is 36.9. The van der Waals surface area contributed by atoms with E-state index in [1.54, 1.807) is 0 Å². The summed E-state index contributed by atoms with van der Waals surface area (Å²) < 4.78 is 0. The van der Waals surface area contributed by atoms with E-state index in [-0.39, 0.29) is 0 Å². The van der Waals surface area contributed by atoms with Crippen molar-refractivity contribution in [2.45, 2.75) is 168 Å². The van der Waals surface area contributed by atoms with Crippen molar-refractivity contribution in [3.8, 4) is 0 Å². The van der Waals surface area contributed by atoms with Gasteiger partial charge in [0, 0.05) is 12.8 Å². The van der Waals surface area contributed by atoms with Crippen LogP contribution in [0.5, 0.6) is 0 Å². The number of carboxylic acids is 2. The smallest absolute Gasteiger partial charge is 0.303 e. The van der Waals surface area contributed by atoms with E-state index in [1.165, 1.54) is 89.9 Å². The van der Waals surface area contributed by atoms with Crippen molar-refractivity contribution in [1.82, 2.24) is 0 Å². The van der Waals surface area contributed by atoms with E-state index >= 15 is 0 Å². The van der Waals surface area contributed by atoms with Crippen molar-refractivity contribution >= 4 is 11.9 Å². The van der Waals surface area contributed by atoms with Gasteiger partial charge in [0.2, 0.25) is 0 Å². The monoisotopic (exact) mass is 560 g/mol. The van der Waals surface area contributed by atoms with Crippen LogP contribution in [-0.2, 0) is 9.59 Å². The van der Waals surface area contributed by atoms with E-state index in [2.05, 4.69) is 62.5 Å². The molecule has 0 atom stereocenters. The number of carboxylic acid groups (broad SMARTS) is 2. The Bertz CT molecular complexity index is 589. The molecule has 0 unspecified atom stereocenters. The van der Waals surface area contributed by atoms with Gasteiger partial charge in [-0.3, -0.25) is 9.59 Å². The van der Waals surface area contributed by atoms with Crippen LogP contribution >= 0.6 is 0 Å². The molecule has 0 saturated heterocycles. The highest BCUT2D eigenvalue weighted by Gasteiger charge is 1.96. The van der Waals surface area contributed by atoms with Crippen LogP contribution in [0.3, 0.4) is 0 Å². The third-order valence-corrected chi connectivity index (χ3v) is 6.68. The molecule has 0 aromatic heterocycles. The topological polar surface area (TPSA) is 74.6 Å². The lowest BCUT2D eigenvalue weighted by Crippen LogP contribution is -1.93. The first kappa shape index (κ1) is 40.0. The van der Waals surface area contributed by atoms with Crippen LogP contribution in [0, 0.1) is 0 Å². The molecule has 0 spiro atoms. The molecule has 232 valence electrons. The fraction of sp³-hybridized carbons (Fsp3) is 0.722. The number of hydrogen-bond donors (Lipinski definition) is 2. The van der Waals surface area contributed by atoms with Crippen LogP contribution in [0.1, 0.15) is 168 Å². The summed E-state index contributed by atoms with van der Waals surface area (Å²) in [6, 6.07) is 0. The third-order valence-electron chi connectivity index (χ3n) is 6.68. The van der Waals surface area contributed by atoms with Crippen LogP contribution in [0.4, 0.5) is 0 Å². The first-order chi connectivity index (χ1) is 19.5. The second-order valence-corrected chi connectivity index (χ2v) is 10.7. The number of carbonyl (C=O) groups is 2. The van der Waals surface area contributed by atoms with E-state index in [1.807, 2.05) is 0 Å². The third kappa shape index (κ3) is 43.0. The predicted molar refractivity (Wildman–Crippen MR) is 174 cm³/mol. The lowest BCUT2D eigenvalue weighted by Gasteiger charge is -1.98. The van der Waals surface area contributed by atoms with Crippen LogP contribution < -0.4 is 0 Å². The molecule has 0 aliphatic heterocycles. The Labute approximate surface area is 248 Å². The fourth-order valence-corrected chi connectivity index (χ4v) is 4.18.